The van der Waals surface area contributed by atoms with E-state index in [0.717, 1.165) is 23.5 Å². The summed E-state index contributed by atoms with van der Waals surface area (Å²) in [6.07, 6.45) is 2.09. The van der Waals surface area contributed by atoms with E-state index in [0.29, 0.717) is 29.9 Å². The Bertz CT molecular complexity index is 1010. The van der Waals surface area contributed by atoms with Crippen molar-refractivity contribution in [2.75, 3.05) is 11.9 Å². The van der Waals surface area contributed by atoms with Gasteiger partial charge in [0.25, 0.3) is 5.91 Å². The maximum atomic E-state index is 14.7. The molecule has 6 nitrogen and oxygen atoms in total. The summed E-state index contributed by atoms with van der Waals surface area (Å²) in [6, 6.07) is 8.80. The fourth-order valence-electron chi connectivity index (χ4n) is 3.33. The number of halogens is 1. The highest BCUT2D eigenvalue weighted by Gasteiger charge is 2.18. The first kappa shape index (κ1) is 17.4. The number of carbonyl (C=O) groups is 1. The van der Waals surface area contributed by atoms with E-state index in [4.69, 9.17) is 0 Å². The molecule has 0 spiro atoms. The Morgan fingerprint density at radius 2 is 2.11 bits per heavy atom. The van der Waals surface area contributed by atoms with Crippen molar-refractivity contribution >= 4 is 11.6 Å². The molecule has 0 saturated carbocycles. The van der Waals surface area contributed by atoms with Crippen molar-refractivity contribution in [2.45, 2.75) is 26.8 Å². The monoisotopic (exact) mass is 365 g/mol. The Morgan fingerprint density at radius 3 is 2.81 bits per heavy atom. The molecule has 0 bridgehead atoms. The van der Waals surface area contributed by atoms with E-state index in [1.165, 1.54) is 6.20 Å². The number of nitrogens with zero attached hydrogens (tertiary/aromatic N) is 3. The molecule has 3 heterocycles. The Kier molecular flexibility index (Phi) is 4.45. The third-order valence-corrected chi connectivity index (χ3v) is 4.69. The van der Waals surface area contributed by atoms with Crippen molar-refractivity contribution in [1.29, 1.82) is 0 Å². The highest BCUT2D eigenvalue weighted by atomic mass is 19.1. The number of fused-ring (bicyclic) bond motifs is 1. The van der Waals surface area contributed by atoms with E-state index < -0.39 is 5.91 Å². The Morgan fingerprint density at radius 1 is 1.26 bits per heavy atom. The van der Waals surface area contributed by atoms with Gasteiger partial charge >= 0.3 is 0 Å². The normalized spacial score (nSPS) is 13.3. The number of aryl methyl sites for hydroxylation is 2. The van der Waals surface area contributed by atoms with Crippen LogP contribution in [0.3, 0.4) is 0 Å². The van der Waals surface area contributed by atoms with Crippen LogP contribution in [0.25, 0.3) is 5.82 Å². The maximum absolute atomic E-state index is 14.7. The van der Waals surface area contributed by atoms with Gasteiger partial charge in [-0.1, -0.05) is 6.07 Å². The summed E-state index contributed by atoms with van der Waals surface area (Å²) in [5, 5.41) is 10.2. The van der Waals surface area contributed by atoms with Crippen molar-refractivity contribution < 1.29 is 9.18 Å². The second kappa shape index (κ2) is 6.92. The van der Waals surface area contributed by atoms with Gasteiger partial charge in [-0.25, -0.2) is 14.1 Å². The summed E-state index contributed by atoms with van der Waals surface area (Å²) in [6.45, 7) is 5.24. The quantitative estimate of drug-likeness (QED) is 0.749. The van der Waals surface area contributed by atoms with E-state index in [2.05, 4.69) is 20.7 Å². The lowest BCUT2D eigenvalue weighted by Gasteiger charge is -2.19. The minimum atomic E-state index is -0.393. The Balaban J connectivity index is 1.54. The van der Waals surface area contributed by atoms with Gasteiger partial charge in [-0.2, -0.15) is 5.10 Å². The number of rotatable bonds is 3. The number of benzene rings is 1. The highest BCUT2D eigenvalue weighted by Crippen LogP contribution is 2.25. The SMILES string of the molecule is Cc1cc(C)n(-c2ccc(C(=O)Nc3ccc4c(c3F)CCNC4)cn2)n1. The molecular weight excluding hydrogens is 345 g/mol. The lowest BCUT2D eigenvalue weighted by Crippen LogP contribution is -2.25. The third-order valence-electron chi connectivity index (χ3n) is 4.69. The van der Waals surface area contributed by atoms with Crippen molar-refractivity contribution in [2.24, 2.45) is 0 Å². The van der Waals surface area contributed by atoms with E-state index in [1.807, 2.05) is 26.0 Å². The molecule has 138 valence electrons. The van der Waals surface area contributed by atoms with Crippen LogP contribution < -0.4 is 10.6 Å². The molecule has 2 aromatic heterocycles. The summed E-state index contributed by atoms with van der Waals surface area (Å²) in [4.78, 5) is 16.8. The summed E-state index contributed by atoms with van der Waals surface area (Å²) < 4.78 is 16.4. The molecule has 0 unspecified atom stereocenters. The molecule has 2 N–H and O–H groups in total. The number of hydrogen-bond donors (Lipinski definition) is 2. The molecule has 1 aliphatic rings. The zero-order chi connectivity index (χ0) is 19.0. The average Bonchev–Trinajstić information content (AvgIpc) is 3.02. The Hall–Kier alpha value is -3.06. The van der Waals surface area contributed by atoms with Crippen LogP contribution in [0, 0.1) is 19.7 Å². The van der Waals surface area contributed by atoms with E-state index >= 15 is 0 Å². The van der Waals surface area contributed by atoms with Gasteiger partial charge in [0.1, 0.15) is 5.82 Å². The number of aromatic nitrogens is 3. The molecule has 27 heavy (non-hydrogen) atoms. The summed E-state index contributed by atoms with van der Waals surface area (Å²) in [5.41, 5.74) is 4.02. The zero-order valence-electron chi connectivity index (χ0n) is 15.2. The standard InChI is InChI=1S/C20H20FN5O/c1-12-9-13(2)26(25-12)18-6-4-15(11-23-18)20(27)24-17-5-3-14-10-22-8-7-16(14)19(17)21/h3-6,9,11,22H,7-8,10H2,1-2H3,(H,24,27). The van der Waals surface area contributed by atoms with Gasteiger partial charge in [0, 0.05) is 18.4 Å². The second-order valence-corrected chi connectivity index (χ2v) is 6.69. The first-order valence-electron chi connectivity index (χ1n) is 8.85. The predicted molar refractivity (Wildman–Crippen MR) is 101 cm³/mol. The fraction of sp³-hybridized carbons (Fsp3) is 0.250. The van der Waals surface area contributed by atoms with E-state index in [1.54, 1.807) is 22.9 Å². The topological polar surface area (TPSA) is 71.8 Å². The number of carbonyl (C=O) groups excluding carboxylic acids is 1. The van der Waals surface area contributed by atoms with Gasteiger partial charge < -0.3 is 10.6 Å². The van der Waals surface area contributed by atoms with Gasteiger partial charge in [-0.3, -0.25) is 4.79 Å². The summed E-state index contributed by atoms with van der Waals surface area (Å²) in [7, 11) is 0. The predicted octanol–water partition coefficient (Wildman–Crippen LogP) is 2.92. The third kappa shape index (κ3) is 3.33. The van der Waals surface area contributed by atoms with Crippen LogP contribution in [0.15, 0.2) is 36.5 Å². The number of nitrogens with one attached hydrogen (secondary N) is 2. The minimum absolute atomic E-state index is 0.197. The van der Waals surface area contributed by atoms with Crippen LogP contribution in [0.5, 0.6) is 0 Å². The van der Waals surface area contributed by atoms with Gasteiger partial charge in [-0.05, 0) is 62.2 Å². The van der Waals surface area contributed by atoms with Gasteiger partial charge in [-0.15, -0.1) is 0 Å². The minimum Gasteiger partial charge on any atom is -0.319 e. The number of pyridine rings is 1. The molecule has 0 radical (unpaired) electrons. The van der Waals surface area contributed by atoms with Crippen molar-refractivity contribution in [3.8, 4) is 5.82 Å². The van der Waals surface area contributed by atoms with Crippen LogP contribution in [-0.2, 0) is 13.0 Å². The molecule has 1 amide bonds. The molecule has 0 aliphatic carbocycles. The number of anilines is 1. The second-order valence-electron chi connectivity index (χ2n) is 6.69. The lowest BCUT2D eigenvalue weighted by atomic mass is 9.99. The summed E-state index contributed by atoms with van der Waals surface area (Å²) >= 11 is 0. The molecule has 0 fully saturated rings. The maximum Gasteiger partial charge on any atom is 0.257 e. The first-order valence-corrected chi connectivity index (χ1v) is 8.85. The molecule has 1 aliphatic heterocycles. The first-order chi connectivity index (χ1) is 13.0. The molecule has 0 saturated heterocycles. The van der Waals surface area contributed by atoms with Crippen LogP contribution in [0.2, 0.25) is 0 Å². The molecule has 7 heteroatoms. The van der Waals surface area contributed by atoms with Crippen LogP contribution in [0.4, 0.5) is 10.1 Å². The molecule has 0 atom stereocenters. The molecule has 1 aromatic carbocycles. The van der Waals surface area contributed by atoms with Crippen LogP contribution >= 0.6 is 0 Å². The van der Waals surface area contributed by atoms with E-state index in [9.17, 15) is 9.18 Å². The van der Waals surface area contributed by atoms with Crippen LogP contribution in [0.1, 0.15) is 32.9 Å². The summed E-state index contributed by atoms with van der Waals surface area (Å²) in [5.74, 6) is -0.116. The van der Waals surface area contributed by atoms with Gasteiger partial charge in [0.05, 0.1) is 16.9 Å². The lowest BCUT2D eigenvalue weighted by molar-refractivity contribution is 0.102. The smallest absolute Gasteiger partial charge is 0.257 e. The largest absolute Gasteiger partial charge is 0.319 e. The van der Waals surface area contributed by atoms with Crippen molar-refractivity contribution in [3.63, 3.8) is 0 Å². The highest BCUT2D eigenvalue weighted by molar-refractivity contribution is 6.04. The molecule has 3 aromatic rings. The Labute approximate surface area is 156 Å². The van der Waals surface area contributed by atoms with Crippen molar-refractivity contribution in [3.05, 3.63) is 70.4 Å². The van der Waals surface area contributed by atoms with Gasteiger partial charge in [0.2, 0.25) is 0 Å². The fourth-order valence-corrected chi connectivity index (χ4v) is 3.33. The van der Waals surface area contributed by atoms with Crippen molar-refractivity contribution in [1.82, 2.24) is 20.1 Å². The molecule has 4 rings (SSSR count). The van der Waals surface area contributed by atoms with E-state index in [-0.39, 0.29) is 11.5 Å². The molecular formula is C20H20FN5O. The number of hydrogen-bond acceptors (Lipinski definition) is 4. The van der Waals surface area contributed by atoms with Gasteiger partial charge in [0.15, 0.2) is 5.82 Å². The van der Waals surface area contributed by atoms with Crippen LogP contribution in [-0.4, -0.2) is 27.2 Å². The number of amides is 1. The average molecular weight is 365 g/mol. The zero-order valence-corrected chi connectivity index (χ0v) is 15.2.